The quantitative estimate of drug-likeness (QED) is 0.368. The van der Waals surface area contributed by atoms with Crippen molar-refractivity contribution in [3.63, 3.8) is 0 Å². The minimum absolute atomic E-state index is 0.413. The molecule has 3 aromatic rings. The van der Waals surface area contributed by atoms with E-state index in [0.717, 1.165) is 17.0 Å². The highest BCUT2D eigenvalue weighted by atomic mass is 19.5. The fourth-order valence-corrected chi connectivity index (χ4v) is 2.40. The van der Waals surface area contributed by atoms with Gasteiger partial charge in [-0.25, -0.2) is 0 Å². The average molecular weight is 360 g/mol. The van der Waals surface area contributed by atoms with Crippen LogP contribution < -0.4 is 0 Å². The fraction of sp³-hybridized carbons (Fsp3) is 0.150. The van der Waals surface area contributed by atoms with Crippen molar-refractivity contribution in [2.45, 2.75) is 19.8 Å². The van der Waals surface area contributed by atoms with Gasteiger partial charge in [0.15, 0.2) is 0 Å². The summed E-state index contributed by atoms with van der Waals surface area (Å²) in [6, 6.07) is 25.2. The Morgan fingerprint density at radius 3 is 1.62 bits per heavy atom. The highest BCUT2D eigenvalue weighted by molar-refractivity contribution is 6.50. The Morgan fingerprint density at radius 1 is 0.692 bits per heavy atom. The van der Waals surface area contributed by atoms with Gasteiger partial charge in [-0.2, -0.15) is 0 Å². The number of hydrogen-bond acceptors (Lipinski definition) is 1. The second kappa shape index (κ2) is 8.65. The summed E-state index contributed by atoms with van der Waals surface area (Å²) in [5.74, 6) is 0.413. The largest absolute Gasteiger partial charge is 0.673 e. The maximum absolute atomic E-state index is 9.75. The number of aromatic nitrogens is 1. The van der Waals surface area contributed by atoms with Crippen LogP contribution in [0.5, 0.6) is 0 Å². The molecule has 0 amide bonds. The van der Waals surface area contributed by atoms with Crippen molar-refractivity contribution >= 4 is 7.25 Å². The number of pyridine rings is 1. The Balaban J connectivity index is 0.000000431. The summed E-state index contributed by atoms with van der Waals surface area (Å²) in [5.41, 5.74) is 5.81. The molecule has 6 heteroatoms. The standard InChI is InChI=1S/C20H19N.BF4/c1-15(2)19-13-18(16-9-5-3-6-10-16)14-20(21-19)17-11-7-4-8-12-17;2-1(3,4)5/h3-15H,1-2H3;/q;-1. The van der Waals surface area contributed by atoms with Crippen LogP contribution in [-0.2, 0) is 0 Å². The first-order valence-corrected chi connectivity index (χ1v) is 8.24. The molecular weight excluding hydrogens is 341 g/mol. The van der Waals surface area contributed by atoms with E-state index in [-0.39, 0.29) is 0 Å². The Bertz CT molecular complexity index is 754. The molecule has 0 saturated carbocycles. The first-order chi connectivity index (χ1) is 12.2. The van der Waals surface area contributed by atoms with E-state index < -0.39 is 7.25 Å². The average Bonchev–Trinajstić information content (AvgIpc) is 2.61. The molecule has 3 rings (SSSR count). The lowest BCUT2D eigenvalue weighted by atomic mass is 9.99. The van der Waals surface area contributed by atoms with Gasteiger partial charge in [0.2, 0.25) is 0 Å². The summed E-state index contributed by atoms with van der Waals surface area (Å²) in [4.78, 5) is 4.83. The minimum Gasteiger partial charge on any atom is -0.418 e. The van der Waals surface area contributed by atoms with Crippen LogP contribution in [-0.4, -0.2) is 12.2 Å². The van der Waals surface area contributed by atoms with Gasteiger partial charge in [-0.3, -0.25) is 4.98 Å². The normalized spacial score (nSPS) is 11.0. The first-order valence-electron chi connectivity index (χ1n) is 8.24. The van der Waals surface area contributed by atoms with Crippen molar-refractivity contribution in [3.8, 4) is 22.4 Å². The predicted octanol–water partition coefficient (Wildman–Crippen LogP) is 6.84. The van der Waals surface area contributed by atoms with Gasteiger partial charge in [-0.1, -0.05) is 74.5 Å². The molecule has 0 bridgehead atoms. The van der Waals surface area contributed by atoms with Crippen molar-refractivity contribution in [2.75, 3.05) is 0 Å². The van der Waals surface area contributed by atoms with Crippen LogP contribution in [0.4, 0.5) is 17.3 Å². The van der Waals surface area contributed by atoms with Gasteiger partial charge in [-0.15, -0.1) is 0 Å². The Hall–Kier alpha value is -2.63. The molecule has 1 nitrogen and oxygen atoms in total. The van der Waals surface area contributed by atoms with Gasteiger partial charge in [-0.05, 0) is 29.2 Å². The topological polar surface area (TPSA) is 12.9 Å². The van der Waals surface area contributed by atoms with Gasteiger partial charge in [0, 0.05) is 11.3 Å². The molecule has 0 N–H and O–H groups in total. The van der Waals surface area contributed by atoms with Crippen molar-refractivity contribution in [3.05, 3.63) is 78.5 Å². The lowest BCUT2D eigenvalue weighted by Gasteiger charge is -2.11. The molecule has 0 aliphatic heterocycles. The van der Waals surface area contributed by atoms with Gasteiger partial charge in [0.1, 0.15) is 0 Å². The number of rotatable bonds is 3. The third kappa shape index (κ3) is 6.35. The molecule has 0 aliphatic carbocycles. The van der Waals surface area contributed by atoms with Crippen LogP contribution in [0, 0.1) is 0 Å². The van der Waals surface area contributed by atoms with Crippen LogP contribution in [0.1, 0.15) is 25.5 Å². The zero-order chi connectivity index (χ0) is 19.2. The Morgan fingerprint density at radius 2 is 1.15 bits per heavy atom. The molecule has 1 aromatic heterocycles. The second-order valence-corrected chi connectivity index (χ2v) is 6.05. The smallest absolute Gasteiger partial charge is 0.418 e. The van der Waals surface area contributed by atoms with Crippen LogP contribution >= 0.6 is 0 Å². The van der Waals surface area contributed by atoms with Crippen molar-refractivity contribution < 1.29 is 17.3 Å². The summed E-state index contributed by atoms with van der Waals surface area (Å²) in [7, 11) is -6.00. The molecule has 0 aliphatic rings. The van der Waals surface area contributed by atoms with Crippen LogP contribution in [0.3, 0.4) is 0 Å². The van der Waals surface area contributed by atoms with E-state index in [1.165, 1.54) is 11.1 Å². The van der Waals surface area contributed by atoms with Gasteiger partial charge >= 0.3 is 7.25 Å². The zero-order valence-electron chi connectivity index (χ0n) is 14.5. The molecule has 26 heavy (non-hydrogen) atoms. The highest BCUT2D eigenvalue weighted by Gasteiger charge is 2.20. The minimum atomic E-state index is -6.00. The SMILES string of the molecule is CC(C)c1cc(-c2ccccc2)cc(-c2ccccc2)n1.F[B-](F)(F)F. The van der Waals surface area contributed by atoms with E-state index in [4.69, 9.17) is 4.98 Å². The Labute approximate surface area is 150 Å². The third-order valence-corrected chi connectivity index (χ3v) is 3.61. The molecule has 2 aromatic carbocycles. The van der Waals surface area contributed by atoms with Crippen molar-refractivity contribution in [2.24, 2.45) is 0 Å². The van der Waals surface area contributed by atoms with Crippen LogP contribution in [0.15, 0.2) is 72.8 Å². The number of benzene rings is 2. The van der Waals surface area contributed by atoms with E-state index in [2.05, 4.69) is 74.5 Å². The monoisotopic (exact) mass is 360 g/mol. The number of hydrogen-bond donors (Lipinski definition) is 0. The molecule has 0 fully saturated rings. The highest BCUT2D eigenvalue weighted by Crippen LogP contribution is 2.28. The number of nitrogens with zero attached hydrogens (tertiary/aromatic N) is 1. The molecule has 1 heterocycles. The third-order valence-electron chi connectivity index (χ3n) is 3.61. The molecule has 0 radical (unpaired) electrons. The lowest BCUT2D eigenvalue weighted by molar-refractivity contribution is 0.368. The van der Waals surface area contributed by atoms with E-state index in [0.29, 0.717) is 5.92 Å². The summed E-state index contributed by atoms with van der Waals surface area (Å²) < 4.78 is 39.0. The van der Waals surface area contributed by atoms with Gasteiger partial charge in [0.05, 0.1) is 5.69 Å². The van der Waals surface area contributed by atoms with Gasteiger partial charge in [0.25, 0.3) is 0 Å². The van der Waals surface area contributed by atoms with E-state index in [1.807, 2.05) is 12.1 Å². The molecule has 0 saturated heterocycles. The van der Waals surface area contributed by atoms with Crippen LogP contribution in [0.25, 0.3) is 22.4 Å². The van der Waals surface area contributed by atoms with Crippen LogP contribution in [0.2, 0.25) is 0 Å². The first kappa shape index (κ1) is 19.7. The summed E-state index contributed by atoms with van der Waals surface area (Å²) in [5, 5.41) is 0. The van der Waals surface area contributed by atoms with Crippen molar-refractivity contribution in [1.29, 1.82) is 0 Å². The fourth-order valence-electron chi connectivity index (χ4n) is 2.40. The van der Waals surface area contributed by atoms with E-state index >= 15 is 0 Å². The summed E-state index contributed by atoms with van der Waals surface area (Å²) >= 11 is 0. The molecule has 0 unspecified atom stereocenters. The predicted molar refractivity (Wildman–Crippen MR) is 99.4 cm³/mol. The lowest BCUT2D eigenvalue weighted by Crippen LogP contribution is -2.02. The Kier molecular flexibility index (Phi) is 6.55. The molecular formula is C20H19BF4N-. The summed E-state index contributed by atoms with van der Waals surface area (Å²) in [6.07, 6.45) is 0. The maximum Gasteiger partial charge on any atom is 0.673 e. The molecule has 0 spiro atoms. The van der Waals surface area contributed by atoms with Crippen molar-refractivity contribution in [1.82, 2.24) is 4.98 Å². The molecule has 0 atom stereocenters. The second-order valence-electron chi connectivity index (χ2n) is 6.05. The zero-order valence-corrected chi connectivity index (χ0v) is 14.5. The summed E-state index contributed by atoms with van der Waals surface area (Å²) in [6.45, 7) is 4.37. The number of halogens is 4. The van der Waals surface area contributed by atoms with Gasteiger partial charge < -0.3 is 17.3 Å². The van der Waals surface area contributed by atoms with E-state index in [1.54, 1.807) is 0 Å². The maximum atomic E-state index is 9.75. The molecule has 136 valence electrons. The van der Waals surface area contributed by atoms with E-state index in [9.17, 15) is 17.3 Å².